The van der Waals surface area contributed by atoms with E-state index in [1.165, 1.54) is 4.88 Å². The minimum Gasteiger partial charge on any atom is -0.493 e. The second-order valence-electron chi connectivity index (χ2n) is 5.15. The van der Waals surface area contributed by atoms with Gasteiger partial charge in [0.1, 0.15) is 5.75 Å². The van der Waals surface area contributed by atoms with Gasteiger partial charge in [-0.3, -0.25) is 4.99 Å². The van der Waals surface area contributed by atoms with Gasteiger partial charge in [0.25, 0.3) is 0 Å². The van der Waals surface area contributed by atoms with Gasteiger partial charge in [-0.05, 0) is 23.8 Å². The van der Waals surface area contributed by atoms with E-state index in [0.29, 0.717) is 5.75 Å². The number of nitrogens with zero attached hydrogens (tertiary/aromatic N) is 2. The van der Waals surface area contributed by atoms with Crippen LogP contribution in [0.4, 0.5) is 13.2 Å². The zero-order valence-corrected chi connectivity index (χ0v) is 13.0. The fraction of sp³-hybridized carbons (Fsp3) is 0.400. The number of alkyl halides is 3. The summed E-state index contributed by atoms with van der Waals surface area (Å²) < 4.78 is 43.7. The first-order valence-electron chi connectivity index (χ1n) is 6.83. The molecule has 3 nitrogen and oxygen atoms in total. The highest BCUT2D eigenvalue weighted by atomic mass is 32.1. The third kappa shape index (κ3) is 2.77. The van der Waals surface area contributed by atoms with Gasteiger partial charge in [0.05, 0.1) is 18.7 Å². The van der Waals surface area contributed by atoms with E-state index in [4.69, 9.17) is 4.74 Å². The molecule has 2 aromatic rings. The fourth-order valence-corrected chi connectivity index (χ4v) is 3.76. The Morgan fingerprint density at radius 3 is 2.82 bits per heavy atom. The van der Waals surface area contributed by atoms with Gasteiger partial charge in [-0.2, -0.15) is 13.2 Å². The topological polar surface area (TPSA) is 26.5 Å². The largest absolute Gasteiger partial charge is 0.493 e. The van der Waals surface area contributed by atoms with Crippen LogP contribution in [0.2, 0.25) is 0 Å². The van der Waals surface area contributed by atoms with Crippen LogP contribution in [0.1, 0.15) is 16.9 Å². The van der Waals surface area contributed by atoms with Crippen molar-refractivity contribution in [3.8, 4) is 17.0 Å². The Kier molecular flexibility index (Phi) is 3.76. The maximum Gasteiger partial charge on any atom is 0.392 e. The highest BCUT2D eigenvalue weighted by Gasteiger charge is 2.27. The average molecular weight is 328 g/mol. The first-order chi connectivity index (χ1) is 10.4. The van der Waals surface area contributed by atoms with Gasteiger partial charge in [-0.25, -0.2) is 0 Å². The van der Waals surface area contributed by atoms with Crippen molar-refractivity contribution in [1.29, 1.82) is 0 Å². The molecule has 0 N–H and O–H groups in total. The van der Waals surface area contributed by atoms with Crippen LogP contribution in [0, 0.1) is 0 Å². The van der Waals surface area contributed by atoms with Crippen LogP contribution in [0.3, 0.4) is 0 Å². The quantitative estimate of drug-likeness (QED) is 0.722. The zero-order valence-electron chi connectivity index (χ0n) is 12.2. The van der Waals surface area contributed by atoms with Crippen LogP contribution in [0.15, 0.2) is 23.2 Å². The summed E-state index contributed by atoms with van der Waals surface area (Å²) in [5, 5.41) is 0. The molecule has 0 unspecified atom stereocenters. The van der Waals surface area contributed by atoms with E-state index in [-0.39, 0.29) is 6.61 Å². The molecule has 1 aromatic heterocycles. The van der Waals surface area contributed by atoms with Crippen LogP contribution >= 0.6 is 11.3 Å². The molecule has 0 radical (unpaired) electrons. The lowest BCUT2D eigenvalue weighted by Gasteiger charge is -2.10. The summed E-state index contributed by atoms with van der Waals surface area (Å²) >= 11 is 1.64. The van der Waals surface area contributed by atoms with Crippen molar-refractivity contribution in [3.05, 3.63) is 33.4 Å². The zero-order chi connectivity index (χ0) is 15.9. The minimum atomic E-state index is -4.19. The van der Waals surface area contributed by atoms with Crippen LogP contribution in [-0.4, -0.2) is 24.4 Å². The molecule has 0 bridgehead atoms. The maximum absolute atomic E-state index is 12.1. The molecule has 7 heteroatoms. The predicted molar refractivity (Wildman–Crippen MR) is 79.2 cm³/mol. The van der Waals surface area contributed by atoms with Crippen LogP contribution in [-0.2, 0) is 13.5 Å². The molecule has 0 atom stereocenters. The summed E-state index contributed by atoms with van der Waals surface area (Å²) in [5.41, 5.74) is 3.33. The Balaban J connectivity index is 1.82. The molecule has 3 rings (SSSR count). The SMILES string of the molecule is CN=c1sc2c(n1C)-c1ccc(OCCC(F)(F)F)cc1C2. The fourth-order valence-electron chi connectivity index (χ4n) is 2.65. The van der Waals surface area contributed by atoms with Crippen molar-refractivity contribution in [2.45, 2.75) is 19.0 Å². The standard InChI is InChI=1S/C15H15F3N2OS/c1-19-14-20(2)13-11-4-3-10(21-6-5-15(16,17)18)7-9(11)8-12(13)22-14/h3-4,7H,5-6,8H2,1-2H3. The number of fused-ring (bicyclic) bond motifs is 3. The Morgan fingerprint density at radius 2 is 2.14 bits per heavy atom. The molecule has 0 spiro atoms. The predicted octanol–water partition coefficient (Wildman–Crippen LogP) is 3.52. The van der Waals surface area contributed by atoms with Crippen molar-refractivity contribution in [2.24, 2.45) is 12.0 Å². The third-order valence-electron chi connectivity index (χ3n) is 3.63. The van der Waals surface area contributed by atoms with E-state index in [1.807, 2.05) is 19.2 Å². The van der Waals surface area contributed by atoms with Crippen LogP contribution < -0.4 is 9.54 Å². The molecule has 0 saturated carbocycles. The normalized spacial score (nSPS) is 14.1. The molecule has 1 aliphatic carbocycles. The molecule has 0 fully saturated rings. The van der Waals surface area contributed by atoms with Crippen LogP contribution in [0.25, 0.3) is 11.3 Å². The number of hydrogen-bond acceptors (Lipinski definition) is 3. The lowest BCUT2D eigenvalue weighted by atomic mass is 10.1. The summed E-state index contributed by atoms with van der Waals surface area (Å²) in [4.78, 5) is 6.42. The summed E-state index contributed by atoms with van der Waals surface area (Å²) in [6.07, 6.45) is -4.35. The van der Waals surface area contributed by atoms with Crippen molar-refractivity contribution >= 4 is 11.3 Å². The molecule has 118 valence electrons. The number of aromatic nitrogens is 1. The third-order valence-corrected chi connectivity index (χ3v) is 4.85. The van der Waals surface area contributed by atoms with Gasteiger partial charge in [0.2, 0.25) is 0 Å². The first kappa shape index (κ1) is 15.1. The molecule has 1 aromatic carbocycles. The molecule has 1 heterocycles. The number of thiazole rings is 1. The Hall–Kier alpha value is -1.76. The molecule has 1 aliphatic rings. The van der Waals surface area contributed by atoms with Gasteiger partial charge >= 0.3 is 6.18 Å². The van der Waals surface area contributed by atoms with Gasteiger partial charge < -0.3 is 9.30 Å². The number of benzene rings is 1. The van der Waals surface area contributed by atoms with E-state index >= 15 is 0 Å². The second kappa shape index (κ2) is 5.46. The lowest BCUT2D eigenvalue weighted by Crippen LogP contribution is -2.13. The van der Waals surface area contributed by atoms with Crippen molar-refractivity contribution in [3.63, 3.8) is 0 Å². The number of rotatable bonds is 3. The maximum atomic E-state index is 12.1. The molecular formula is C15H15F3N2OS. The van der Waals surface area contributed by atoms with Gasteiger partial charge in [-0.15, -0.1) is 11.3 Å². The van der Waals surface area contributed by atoms with E-state index in [1.54, 1.807) is 24.5 Å². The van der Waals surface area contributed by atoms with E-state index < -0.39 is 12.6 Å². The number of ether oxygens (including phenoxy) is 1. The second-order valence-corrected chi connectivity index (χ2v) is 6.21. The average Bonchev–Trinajstić information content (AvgIpc) is 2.93. The molecule has 0 amide bonds. The van der Waals surface area contributed by atoms with Crippen molar-refractivity contribution < 1.29 is 17.9 Å². The molecule has 22 heavy (non-hydrogen) atoms. The van der Waals surface area contributed by atoms with Crippen molar-refractivity contribution in [2.75, 3.05) is 13.7 Å². The van der Waals surface area contributed by atoms with Crippen LogP contribution in [0.5, 0.6) is 5.75 Å². The smallest absolute Gasteiger partial charge is 0.392 e. The highest BCUT2D eigenvalue weighted by molar-refractivity contribution is 7.09. The van der Waals surface area contributed by atoms with Gasteiger partial charge in [0.15, 0.2) is 4.80 Å². The minimum absolute atomic E-state index is 0.350. The first-order valence-corrected chi connectivity index (χ1v) is 7.65. The van der Waals surface area contributed by atoms with E-state index in [0.717, 1.165) is 28.0 Å². The number of halogens is 3. The Morgan fingerprint density at radius 1 is 1.36 bits per heavy atom. The summed E-state index contributed by atoms with van der Waals surface area (Å²) in [6.45, 7) is -0.350. The van der Waals surface area contributed by atoms with Gasteiger partial charge in [-0.1, -0.05) is 0 Å². The number of hydrogen-bond donors (Lipinski definition) is 0. The molecular weight excluding hydrogens is 313 g/mol. The molecule has 0 saturated heterocycles. The lowest BCUT2D eigenvalue weighted by molar-refractivity contribution is -0.139. The molecule has 0 aliphatic heterocycles. The Labute approximate surface area is 129 Å². The summed E-state index contributed by atoms with van der Waals surface area (Å²) in [6, 6.07) is 5.47. The highest BCUT2D eigenvalue weighted by Crippen LogP contribution is 2.39. The summed E-state index contributed by atoms with van der Waals surface area (Å²) in [7, 11) is 3.74. The van der Waals surface area contributed by atoms with Crippen molar-refractivity contribution in [1.82, 2.24) is 4.57 Å². The van der Waals surface area contributed by atoms with E-state index in [2.05, 4.69) is 9.56 Å². The Bertz CT molecular complexity index is 774. The monoisotopic (exact) mass is 328 g/mol. The van der Waals surface area contributed by atoms with Gasteiger partial charge in [0, 0.05) is 31.0 Å². The summed E-state index contributed by atoms with van der Waals surface area (Å²) in [5.74, 6) is 0.487. The van der Waals surface area contributed by atoms with E-state index in [9.17, 15) is 13.2 Å².